The van der Waals surface area contributed by atoms with Crippen LogP contribution in [0.1, 0.15) is 46.0 Å². The summed E-state index contributed by atoms with van der Waals surface area (Å²) in [7, 11) is 2.22. The Morgan fingerprint density at radius 3 is 2.17 bits per heavy atom. The topological polar surface area (TPSA) is 18.5 Å². The summed E-state index contributed by atoms with van der Waals surface area (Å²) in [5.74, 6) is 0. The zero-order valence-corrected chi connectivity index (χ0v) is 12.7. The monoisotopic (exact) mass is 255 g/mol. The highest BCUT2D eigenvalue weighted by molar-refractivity contribution is 4.74. The highest BCUT2D eigenvalue weighted by Crippen LogP contribution is 2.17. The van der Waals surface area contributed by atoms with Crippen LogP contribution in [0.4, 0.5) is 0 Å². The molecule has 0 bridgehead atoms. The molecule has 18 heavy (non-hydrogen) atoms. The number of nitrogens with zero attached hydrogens (tertiary/aromatic N) is 2. The highest BCUT2D eigenvalue weighted by Gasteiger charge is 2.15. The Morgan fingerprint density at radius 1 is 0.944 bits per heavy atom. The molecular weight excluding hydrogens is 222 g/mol. The molecule has 0 spiro atoms. The Bertz CT molecular complexity index is 182. The molecule has 0 aromatic carbocycles. The van der Waals surface area contributed by atoms with Crippen LogP contribution in [0.3, 0.4) is 0 Å². The summed E-state index contributed by atoms with van der Waals surface area (Å²) in [5.41, 5.74) is 0. The molecule has 1 aliphatic carbocycles. The number of likely N-dealkylation sites (N-methyl/N-ethyl adjacent to an activating group) is 1. The maximum absolute atomic E-state index is 3.72. The minimum Gasteiger partial charge on any atom is -0.313 e. The lowest BCUT2D eigenvalue weighted by atomic mass is 9.95. The van der Waals surface area contributed by atoms with Crippen LogP contribution in [0, 0.1) is 0 Å². The second kappa shape index (κ2) is 9.76. The number of piperazine rings is 1. The van der Waals surface area contributed by atoms with Crippen LogP contribution in [0.15, 0.2) is 0 Å². The smallest absolute Gasteiger partial charge is 0.0110 e. The molecule has 0 aromatic rings. The standard InChI is InChI=1S/C13H27N3.C2H6/c1-15-9-11-16(12-10-15)8-7-14-13-5-3-2-4-6-13;1-2/h13-14H,2-12H2,1H3;1-2H3. The van der Waals surface area contributed by atoms with E-state index in [2.05, 4.69) is 22.2 Å². The molecule has 2 fully saturated rings. The van der Waals surface area contributed by atoms with Gasteiger partial charge in [-0.25, -0.2) is 0 Å². The minimum atomic E-state index is 0.821. The summed E-state index contributed by atoms with van der Waals surface area (Å²) in [6.45, 7) is 11.4. The molecule has 1 saturated carbocycles. The third kappa shape index (κ3) is 6.17. The Labute approximate surface area is 114 Å². The van der Waals surface area contributed by atoms with Crippen molar-refractivity contribution in [2.45, 2.75) is 52.0 Å². The summed E-state index contributed by atoms with van der Waals surface area (Å²) in [6, 6.07) is 0.821. The van der Waals surface area contributed by atoms with E-state index in [1.165, 1.54) is 71.4 Å². The lowest BCUT2D eigenvalue weighted by Crippen LogP contribution is -2.47. The van der Waals surface area contributed by atoms with E-state index in [-0.39, 0.29) is 0 Å². The fraction of sp³-hybridized carbons (Fsp3) is 1.00. The zero-order valence-electron chi connectivity index (χ0n) is 12.7. The Morgan fingerprint density at radius 2 is 1.56 bits per heavy atom. The van der Waals surface area contributed by atoms with E-state index in [0.29, 0.717) is 0 Å². The number of rotatable bonds is 4. The van der Waals surface area contributed by atoms with Crippen molar-refractivity contribution in [1.82, 2.24) is 15.1 Å². The molecule has 1 heterocycles. The predicted molar refractivity (Wildman–Crippen MR) is 80.2 cm³/mol. The molecule has 3 heteroatoms. The van der Waals surface area contributed by atoms with Gasteiger partial charge in [0.1, 0.15) is 0 Å². The van der Waals surface area contributed by atoms with Crippen molar-refractivity contribution in [3.05, 3.63) is 0 Å². The van der Waals surface area contributed by atoms with Crippen LogP contribution in [-0.2, 0) is 0 Å². The van der Waals surface area contributed by atoms with E-state index in [0.717, 1.165) is 6.04 Å². The third-order valence-electron chi connectivity index (χ3n) is 4.06. The number of hydrogen-bond donors (Lipinski definition) is 1. The van der Waals surface area contributed by atoms with Gasteiger partial charge in [0.05, 0.1) is 0 Å². The normalized spacial score (nSPS) is 23.5. The molecule has 0 unspecified atom stereocenters. The molecule has 0 aromatic heterocycles. The van der Waals surface area contributed by atoms with Crippen molar-refractivity contribution in [3.63, 3.8) is 0 Å². The van der Waals surface area contributed by atoms with E-state index in [9.17, 15) is 0 Å². The van der Waals surface area contributed by atoms with Crippen molar-refractivity contribution in [2.24, 2.45) is 0 Å². The Balaban J connectivity index is 0.000000771. The van der Waals surface area contributed by atoms with Crippen LogP contribution in [0.5, 0.6) is 0 Å². The molecule has 1 saturated heterocycles. The average Bonchev–Trinajstić information content (AvgIpc) is 2.44. The Kier molecular flexibility index (Phi) is 8.64. The lowest BCUT2D eigenvalue weighted by Gasteiger charge is -2.33. The molecule has 0 atom stereocenters. The van der Waals surface area contributed by atoms with Gasteiger partial charge in [-0.3, -0.25) is 4.90 Å². The van der Waals surface area contributed by atoms with Crippen LogP contribution < -0.4 is 5.32 Å². The van der Waals surface area contributed by atoms with Crippen LogP contribution in [0.25, 0.3) is 0 Å². The van der Waals surface area contributed by atoms with E-state index in [4.69, 9.17) is 0 Å². The quantitative estimate of drug-likeness (QED) is 0.831. The van der Waals surface area contributed by atoms with Crippen molar-refractivity contribution in [2.75, 3.05) is 46.3 Å². The van der Waals surface area contributed by atoms with Gasteiger partial charge in [0.2, 0.25) is 0 Å². The fourth-order valence-electron chi connectivity index (χ4n) is 2.80. The van der Waals surface area contributed by atoms with Crippen LogP contribution in [0.2, 0.25) is 0 Å². The Hall–Kier alpha value is -0.120. The molecule has 1 aliphatic heterocycles. The van der Waals surface area contributed by atoms with E-state index in [1.807, 2.05) is 13.8 Å². The van der Waals surface area contributed by atoms with Gasteiger partial charge in [0.15, 0.2) is 0 Å². The maximum Gasteiger partial charge on any atom is 0.0110 e. The van der Waals surface area contributed by atoms with E-state index in [1.54, 1.807) is 0 Å². The van der Waals surface area contributed by atoms with Gasteiger partial charge in [-0.05, 0) is 19.9 Å². The lowest BCUT2D eigenvalue weighted by molar-refractivity contribution is 0.152. The van der Waals surface area contributed by atoms with Gasteiger partial charge in [0.25, 0.3) is 0 Å². The fourth-order valence-corrected chi connectivity index (χ4v) is 2.80. The van der Waals surface area contributed by atoms with Crippen LogP contribution in [-0.4, -0.2) is 62.2 Å². The maximum atomic E-state index is 3.72. The molecule has 3 nitrogen and oxygen atoms in total. The SMILES string of the molecule is CC.CN1CCN(CCNC2CCCCC2)CC1. The van der Waals surface area contributed by atoms with Gasteiger partial charge < -0.3 is 10.2 Å². The molecule has 108 valence electrons. The van der Waals surface area contributed by atoms with Gasteiger partial charge in [0, 0.05) is 45.3 Å². The molecule has 1 N–H and O–H groups in total. The molecule has 0 amide bonds. The summed E-state index contributed by atoms with van der Waals surface area (Å²) in [4.78, 5) is 5.01. The summed E-state index contributed by atoms with van der Waals surface area (Å²) >= 11 is 0. The van der Waals surface area contributed by atoms with E-state index < -0.39 is 0 Å². The third-order valence-corrected chi connectivity index (χ3v) is 4.06. The van der Waals surface area contributed by atoms with Crippen molar-refractivity contribution in [3.8, 4) is 0 Å². The predicted octanol–water partition coefficient (Wildman–Crippen LogP) is 2.18. The molecule has 2 rings (SSSR count). The van der Waals surface area contributed by atoms with Crippen molar-refractivity contribution in [1.29, 1.82) is 0 Å². The largest absolute Gasteiger partial charge is 0.313 e. The summed E-state index contributed by atoms with van der Waals surface area (Å²) in [5, 5.41) is 3.72. The highest BCUT2D eigenvalue weighted by atomic mass is 15.2. The minimum absolute atomic E-state index is 0.821. The van der Waals surface area contributed by atoms with Gasteiger partial charge in [-0.1, -0.05) is 33.1 Å². The summed E-state index contributed by atoms with van der Waals surface area (Å²) in [6.07, 6.45) is 7.14. The second-order valence-electron chi connectivity index (χ2n) is 5.43. The summed E-state index contributed by atoms with van der Waals surface area (Å²) < 4.78 is 0. The van der Waals surface area contributed by atoms with Crippen molar-refractivity contribution >= 4 is 0 Å². The first-order valence-corrected chi connectivity index (χ1v) is 7.99. The number of nitrogens with one attached hydrogen (secondary N) is 1. The average molecular weight is 255 g/mol. The molecular formula is C15H33N3. The van der Waals surface area contributed by atoms with Crippen molar-refractivity contribution < 1.29 is 0 Å². The first-order chi connectivity index (χ1) is 8.84. The first kappa shape index (κ1) is 15.9. The van der Waals surface area contributed by atoms with E-state index >= 15 is 0 Å². The van der Waals surface area contributed by atoms with Gasteiger partial charge in [-0.2, -0.15) is 0 Å². The van der Waals surface area contributed by atoms with Gasteiger partial charge in [-0.15, -0.1) is 0 Å². The zero-order chi connectivity index (χ0) is 13.2. The molecule has 0 radical (unpaired) electrons. The van der Waals surface area contributed by atoms with Gasteiger partial charge >= 0.3 is 0 Å². The molecule has 2 aliphatic rings. The second-order valence-corrected chi connectivity index (χ2v) is 5.43. The first-order valence-electron chi connectivity index (χ1n) is 7.99. The van der Waals surface area contributed by atoms with Crippen LogP contribution >= 0.6 is 0 Å². The number of hydrogen-bond acceptors (Lipinski definition) is 3.